The normalized spacial score (nSPS) is 12.3. The molecule has 0 heterocycles. The minimum absolute atomic E-state index is 0.189. The highest BCUT2D eigenvalue weighted by atomic mass is 32.2. The molecule has 2 amide bonds. The summed E-state index contributed by atoms with van der Waals surface area (Å²) in [5, 5.41) is 2.69. The maximum atomic E-state index is 14.5. The molecule has 0 spiro atoms. The fraction of sp³-hybridized carbons (Fsp3) is 0.391. The van der Waals surface area contributed by atoms with Gasteiger partial charge in [0.25, 0.3) is 0 Å². The number of nitrogens with one attached hydrogen (secondary N) is 1. The summed E-state index contributed by atoms with van der Waals surface area (Å²) >= 11 is 0. The average molecular weight is 479 g/mol. The number of carbonyl (C=O) groups excluding carboxylic acids is 2. The Kier molecular flexibility index (Phi) is 9.36. The number of hydrogen-bond acceptors (Lipinski definition) is 4. The van der Waals surface area contributed by atoms with Crippen molar-refractivity contribution in [2.24, 2.45) is 0 Å². The van der Waals surface area contributed by atoms with Gasteiger partial charge in [-0.2, -0.15) is 12.7 Å². The van der Waals surface area contributed by atoms with Gasteiger partial charge in [-0.25, -0.2) is 8.70 Å². The Morgan fingerprint density at radius 3 is 2.21 bits per heavy atom. The van der Waals surface area contributed by atoms with Crippen molar-refractivity contribution in [1.82, 2.24) is 14.5 Å². The molecule has 10 heteroatoms. The van der Waals surface area contributed by atoms with E-state index in [-0.39, 0.29) is 18.1 Å². The highest BCUT2D eigenvalue weighted by Crippen LogP contribution is 2.23. The number of carbonyl (C=O) groups is 2. The quantitative estimate of drug-likeness (QED) is 0.535. The summed E-state index contributed by atoms with van der Waals surface area (Å²) in [7, 11) is -1.58. The van der Waals surface area contributed by atoms with Crippen LogP contribution in [0.25, 0.3) is 0 Å². The molecular formula is C23H31FN4O4S. The number of para-hydroxylation sites is 1. The third-order valence-electron chi connectivity index (χ3n) is 5.14. The van der Waals surface area contributed by atoms with Gasteiger partial charge in [-0.15, -0.1) is 0 Å². The van der Waals surface area contributed by atoms with Gasteiger partial charge in [0.15, 0.2) is 0 Å². The van der Waals surface area contributed by atoms with Crippen LogP contribution in [0.2, 0.25) is 0 Å². The summed E-state index contributed by atoms with van der Waals surface area (Å²) in [5.41, 5.74) is 0.721. The number of amides is 2. The van der Waals surface area contributed by atoms with Crippen molar-refractivity contribution in [1.29, 1.82) is 0 Å². The topological polar surface area (TPSA) is 90.0 Å². The van der Waals surface area contributed by atoms with Gasteiger partial charge in [-0.05, 0) is 38.0 Å². The minimum atomic E-state index is -4.19. The number of halogens is 1. The molecule has 1 N–H and O–H groups in total. The molecule has 0 aromatic heterocycles. The highest BCUT2D eigenvalue weighted by Gasteiger charge is 2.33. The molecule has 1 atom stereocenters. The van der Waals surface area contributed by atoms with E-state index in [1.807, 2.05) is 30.3 Å². The van der Waals surface area contributed by atoms with Crippen LogP contribution in [0.5, 0.6) is 0 Å². The molecule has 8 nitrogen and oxygen atoms in total. The molecule has 2 aromatic carbocycles. The Labute approximate surface area is 195 Å². The molecule has 0 aliphatic carbocycles. The second kappa shape index (κ2) is 11.8. The van der Waals surface area contributed by atoms with E-state index < -0.39 is 34.5 Å². The molecule has 0 saturated carbocycles. The van der Waals surface area contributed by atoms with Crippen LogP contribution in [0.3, 0.4) is 0 Å². The zero-order valence-electron chi connectivity index (χ0n) is 19.4. The Hall–Kier alpha value is -2.98. The maximum Gasteiger partial charge on any atom is 0.304 e. The van der Waals surface area contributed by atoms with E-state index in [2.05, 4.69) is 5.32 Å². The second-order valence-corrected chi connectivity index (χ2v) is 9.71. The van der Waals surface area contributed by atoms with E-state index in [9.17, 15) is 22.4 Å². The fourth-order valence-electron chi connectivity index (χ4n) is 3.25. The summed E-state index contributed by atoms with van der Waals surface area (Å²) in [5.74, 6) is -1.74. The average Bonchev–Trinajstić information content (AvgIpc) is 2.78. The molecule has 0 fully saturated rings. The van der Waals surface area contributed by atoms with Crippen LogP contribution in [0.15, 0.2) is 54.6 Å². The zero-order chi connectivity index (χ0) is 24.6. The van der Waals surface area contributed by atoms with E-state index in [1.54, 1.807) is 13.8 Å². The largest absolute Gasteiger partial charge is 0.355 e. The minimum Gasteiger partial charge on any atom is -0.355 e. The maximum absolute atomic E-state index is 14.5. The monoisotopic (exact) mass is 478 g/mol. The van der Waals surface area contributed by atoms with Crippen LogP contribution in [-0.2, 0) is 26.2 Å². The molecule has 0 bridgehead atoms. The van der Waals surface area contributed by atoms with Gasteiger partial charge in [-0.3, -0.25) is 9.59 Å². The number of likely N-dealkylation sites (N-methyl/N-ethyl adjacent to an activating group) is 1. The van der Waals surface area contributed by atoms with Crippen molar-refractivity contribution in [3.8, 4) is 0 Å². The van der Waals surface area contributed by atoms with Gasteiger partial charge in [-0.1, -0.05) is 42.5 Å². The van der Waals surface area contributed by atoms with Crippen molar-refractivity contribution in [2.75, 3.05) is 38.0 Å². The van der Waals surface area contributed by atoms with E-state index in [0.717, 1.165) is 20.2 Å². The lowest BCUT2D eigenvalue weighted by atomic mass is 10.1. The van der Waals surface area contributed by atoms with Crippen molar-refractivity contribution in [3.63, 3.8) is 0 Å². The first-order valence-electron chi connectivity index (χ1n) is 10.6. The van der Waals surface area contributed by atoms with Crippen molar-refractivity contribution >= 4 is 27.7 Å². The molecule has 0 aliphatic rings. The van der Waals surface area contributed by atoms with E-state index in [1.165, 1.54) is 37.2 Å². The Morgan fingerprint density at radius 1 is 1.03 bits per heavy atom. The molecule has 180 valence electrons. The van der Waals surface area contributed by atoms with Gasteiger partial charge < -0.3 is 10.2 Å². The van der Waals surface area contributed by atoms with Crippen molar-refractivity contribution < 1.29 is 22.4 Å². The van der Waals surface area contributed by atoms with Gasteiger partial charge in [0.05, 0.1) is 5.69 Å². The van der Waals surface area contributed by atoms with Crippen LogP contribution in [0, 0.1) is 5.82 Å². The first-order chi connectivity index (χ1) is 15.6. The standard InChI is InChI=1S/C23H31FN4O4S/c1-5-25-23(30)18(2)27(16-15-19-11-7-6-8-12-19)22(29)17-28(33(31,32)26(3)4)21-14-10-9-13-20(21)24/h6-14,18H,5,15-17H2,1-4H3,(H,25,30)/t18-/m1/s1. The second-order valence-electron chi connectivity index (χ2n) is 7.64. The molecule has 0 aliphatic heterocycles. The van der Waals surface area contributed by atoms with E-state index in [0.29, 0.717) is 13.0 Å². The van der Waals surface area contributed by atoms with Gasteiger partial charge in [0.2, 0.25) is 11.8 Å². The molecule has 33 heavy (non-hydrogen) atoms. The third kappa shape index (κ3) is 6.75. The molecular weight excluding hydrogens is 447 g/mol. The van der Waals surface area contributed by atoms with E-state index >= 15 is 0 Å². The lowest BCUT2D eigenvalue weighted by molar-refractivity contribution is -0.138. The first kappa shape index (κ1) is 26.3. The number of anilines is 1. The summed E-state index contributed by atoms with van der Waals surface area (Å²) < 4.78 is 42.1. The van der Waals surface area contributed by atoms with Crippen molar-refractivity contribution in [2.45, 2.75) is 26.3 Å². The summed E-state index contributed by atoms with van der Waals surface area (Å²) in [6.07, 6.45) is 0.469. The molecule has 0 saturated heterocycles. The zero-order valence-corrected chi connectivity index (χ0v) is 20.2. The lowest BCUT2D eigenvalue weighted by Crippen LogP contribution is -2.53. The summed E-state index contributed by atoms with van der Waals surface area (Å²) in [6.45, 7) is 3.28. The Morgan fingerprint density at radius 2 is 1.64 bits per heavy atom. The number of hydrogen-bond donors (Lipinski definition) is 1. The van der Waals surface area contributed by atoms with Crippen LogP contribution in [0.1, 0.15) is 19.4 Å². The third-order valence-corrected chi connectivity index (χ3v) is 6.95. The van der Waals surface area contributed by atoms with Crippen LogP contribution in [-0.4, -0.2) is 69.2 Å². The molecule has 0 unspecified atom stereocenters. The first-order valence-corrected chi connectivity index (χ1v) is 12.0. The number of nitrogens with zero attached hydrogens (tertiary/aromatic N) is 3. The predicted octanol–water partition coefficient (Wildman–Crippen LogP) is 2.03. The number of rotatable bonds is 11. The summed E-state index contributed by atoms with van der Waals surface area (Å²) in [4.78, 5) is 27.2. The predicted molar refractivity (Wildman–Crippen MR) is 126 cm³/mol. The summed E-state index contributed by atoms with van der Waals surface area (Å²) in [6, 6.07) is 13.9. The lowest BCUT2D eigenvalue weighted by Gasteiger charge is -2.32. The van der Waals surface area contributed by atoms with Gasteiger partial charge in [0.1, 0.15) is 18.4 Å². The van der Waals surface area contributed by atoms with Gasteiger partial charge >= 0.3 is 10.2 Å². The van der Waals surface area contributed by atoms with Crippen LogP contribution in [0.4, 0.5) is 10.1 Å². The molecule has 2 rings (SSSR count). The van der Waals surface area contributed by atoms with E-state index in [4.69, 9.17) is 0 Å². The fourth-order valence-corrected chi connectivity index (χ4v) is 4.31. The molecule has 0 radical (unpaired) electrons. The number of benzene rings is 2. The highest BCUT2D eigenvalue weighted by molar-refractivity contribution is 7.90. The van der Waals surface area contributed by atoms with Crippen LogP contribution < -0.4 is 9.62 Å². The Bertz CT molecular complexity index is 1050. The smallest absolute Gasteiger partial charge is 0.304 e. The molecule has 2 aromatic rings. The Balaban J connectivity index is 2.38. The van der Waals surface area contributed by atoms with Crippen molar-refractivity contribution in [3.05, 3.63) is 66.0 Å². The van der Waals surface area contributed by atoms with Crippen LogP contribution >= 0.6 is 0 Å². The van der Waals surface area contributed by atoms with Gasteiger partial charge in [0, 0.05) is 27.2 Å². The SMILES string of the molecule is CCNC(=O)[C@@H](C)N(CCc1ccccc1)C(=O)CN(c1ccccc1F)S(=O)(=O)N(C)C.